The van der Waals surface area contributed by atoms with Crippen LogP contribution in [0.3, 0.4) is 0 Å². The molecule has 2 aromatic carbocycles. The molecule has 0 unspecified atom stereocenters. The van der Waals surface area contributed by atoms with Crippen molar-refractivity contribution in [2.24, 2.45) is 0 Å². The zero-order valence-electron chi connectivity index (χ0n) is 18.7. The highest BCUT2D eigenvalue weighted by Gasteiger charge is 2.22. The Morgan fingerprint density at radius 1 is 1.15 bits per heavy atom. The Balaban J connectivity index is 0.000000257. The smallest absolute Gasteiger partial charge is 0.339 e. The third kappa shape index (κ3) is 6.21. The Kier molecular flexibility index (Phi) is 8.24. The molecule has 2 heterocycles. The van der Waals surface area contributed by atoms with E-state index in [1.807, 2.05) is 11.1 Å². The molecule has 1 aliphatic heterocycles. The molecule has 3 aromatic rings. The summed E-state index contributed by atoms with van der Waals surface area (Å²) in [6.45, 7) is 5.70. The molecule has 1 aliphatic rings. The van der Waals surface area contributed by atoms with Crippen LogP contribution in [0.15, 0.2) is 42.6 Å². The summed E-state index contributed by atoms with van der Waals surface area (Å²) >= 11 is 0. The molecule has 4 rings (SSSR count). The third-order valence-electron chi connectivity index (χ3n) is 5.71. The van der Waals surface area contributed by atoms with Crippen LogP contribution in [0.1, 0.15) is 21.5 Å². The molecular weight excluding hydrogens is 432 g/mol. The molecule has 1 saturated heterocycles. The number of phenols is 1. The van der Waals surface area contributed by atoms with Crippen molar-refractivity contribution in [2.75, 3.05) is 39.8 Å². The Morgan fingerprint density at radius 2 is 1.82 bits per heavy atom. The summed E-state index contributed by atoms with van der Waals surface area (Å²) in [5, 5.41) is 18.5. The molecule has 0 aliphatic carbocycles. The van der Waals surface area contributed by atoms with Gasteiger partial charge in [0, 0.05) is 55.4 Å². The molecule has 0 spiro atoms. The molecular formula is C24H29F2N3O4. The lowest BCUT2D eigenvalue weighted by Gasteiger charge is -2.34. The van der Waals surface area contributed by atoms with Crippen molar-refractivity contribution in [3.05, 3.63) is 59.3 Å². The average Bonchev–Trinajstić information content (AvgIpc) is 3.28. The Hall–Kier alpha value is -3.17. The van der Waals surface area contributed by atoms with E-state index in [0.29, 0.717) is 13.1 Å². The number of alkyl halides is 2. The first-order valence-corrected chi connectivity index (χ1v) is 10.7. The van der Waals surface area contributed by atoms with Gasteiger partial charge in [0.05, 0.1) is 13.7 Å². The van der Waals surface area contributed by atoms with Crippen LogP contribution in [-0.2, 0) is 6.54 Å². The summed E-state index contributed by atoms with van der Waals surface area (Å²) in [5.74, 6) is -0.419. The monoisotopic (exact) mass is 461 g/mol. The number of halogens is 2. The first-order chi connectivity index (χ1) is 15.8. The number of hydrogen-bond donors (Lipinski definition) is 3. The number of ether oxygens (including phenoxy) is 1. The topological polar surface area (TPSA) is 89.0 Å². The molecule has 0 radical (unpaired) electrons. The molecule has 9 heteroatoms. The number of aryl methyl sites for hydroxylation is 1. The summed E-state index contributed by atoms with van der Waals surface area (Å²) < 4.78 is 30.5. The van der Waals surface area contributed by atoms with Crippen LogP contribution >= 0.6 is 0 Å². The van der Waals surface area contributed by atoms with Crippen molar-refractivity contribution in [1.82, 2.24) is 14.8 Å². The first-order valence-electron chi connectivity index (χ1n) is 10.7. The van der Waals surface area contributed by atoms with Crippen molar-refractivity contribution in [1.29, 1.82) is 0 Å². The van der Waals surface area contributed by atoms with E-state index < -0.39 is 12.4 Å². The minimum atomic E-state index is -2.25. The van der Waals surface area contributed by atoms with Crippen molar-refractivity contribution in [3.8, 4) is 11.5 Å². The predicted molar refractivity (Wildman–Crippen MR) is 122 cm³/mol. The van der Waals surface area contributed by atoms with E-state index in [9.17, 15) is 13.6 Å². The molecule has 178 valence electrons. The van der Waals surface area contributed by atoms with Gasteiger partial charge in [-0.25, -0.2) is 13.6 Å². The van der Waals surface area contributed by atoms with E-state index in [-0.39, 0.29) is 17.9 Å². The molecule has 33 heavy (non-hydrogen) atoms. The van der Waals surface area contributed by atoms with E-state index in [2.05, 4.69) is 28.9 Å². The highest BCUT2D eigenvalue weighted by molar-refractivity contribution is 5.90. The number of aromatic carboxylic acids is 1. The highest BCUT2D eigenvalue weighted by atomic mass is 19.3. The number of aromatic amines is 1. The van der Waals surface area contributed by atoms with Gasteiger partial charge in [-0.05, 0) is 36.8 Å². The molecule has 3 N–H and O–H groups in total. The number of fused-ring (bicyclic) bond motifs is 1. The lowest BCUT2D eigenvalue weighted by Crippen LogP contribution is -2.47. The van der Waals surface area contributed by atoms with Crippen LogP contribution in [0, 0.1) is 6.92 Å². The van der Waals surface area contributed by atoms with E-state index in [1.54, 1.807) is 19.2 Å². The number of carboxylic acid groups (broad SMARTS) is 1. The molecule has 7 nitrogen and oxygen atoms in total. The number of rotatable bonds is 6. The van der Waals surface area contributed by atoms with E-state index in [4.69, 9.17) is 14.9 Å². The molecule has 1 fully saturated rings. The van der Waals surface area contributed by atoms with Gasteiger partial charge in [0.25, 0.3) is 6.43 Å². The lowest BCUT2D eigenvalue weighted by molar-refractivity contribution is 0.0542. The van der Waals surface area contributed by atoms with Crippen molar-refractivity contribution in [3.63, 3.8) is 0 Å². The Morgan fingerprint density at radius 3 is 2.39 bits per heavy atom. The van der Waals surface area contributed by atoms with Crippen molar-refractivity contribution in [2.45, 2.75) is 19.9 Å². The van der Waals surface area contributed by atoms with E-state index in [0.717, 1.165) is 42.0 Å². The number of aromatic hydroxyl groups is 1. The number of nitrogens with one attached hydrogen (secondary N) is 1. The van der Waals surface area contributed by atoms with Gasteiger partial charge in [0.2, 0.25) is 0 Å². The standard InChI is InChI=1S/C17H23F2N3O.C7H6O3/c1-12-9-15(23-2)14(13-3-4-20-17(12)13)10-21-5-7-22(8-6-21)11-16(18)19;8-6-4-2-1-3-5(6)7(9)10/h3-4,9,16,20H,5-8,10-11H2,1-2H3;1-4,8H,(H,9,10). The van der Waals surface area contributed by atoms with E-state index in [1.165, 1.54) is 17.5 Å². The van der Waals surface area contributed by atoms with Gasteiger partial charge >= 0.3 is 5.97 Å². The first kappa shape index (κ1) is 24.5. The molecule has 0 amide bonds. The summed E-state index contributed by atoms with van der Waals surface area (Å²) in [4.78, 5) is 17.7. The number of hydrogen-bond acceptors (Lipinski definition) is 5. The number of aromatic nitrogens is 1. The fourth-order valence-corrected chi connectivity index (χ4v) is 3.98. The van der Waals surface area contributed by atoms with Gasteiger partial charge < -0.3 is 19.9 Å². The van der Waals surface area contributed by atoms with Crippen LogP contribution < -0.4 is 4.74 Å². The second-order valence-corrected chi connectivity index (χ2v) is 7.93. The zero-order valence-corrected chi connectivity index (χ0v) is 18.7. The van der Waals surface area contributed by atoms with Crippen molar-refractivity contribution < 1.29 is 28.5 Å². The maximum atomic E-state index is 12.5. The van der Waals surface area contributed by atoms with Gasteiger partial charge in [0.15, 0.2) is 0 Å². The number of carbonyl (C=O) groups is 1. The maximum absolute atomic E-state index is 12.5. The number of methoxy groups -OCH3 is 1. The van der Waals surface area contributed by atoms with Crippen LogP contribution in [-0.4, -0.2) is 77.2 Å². The molecule has 0 bridgehead atoms. The van der Waals surface area contributed by atoms with Crippen LogP contribution in [0.5, 0.6) is 11.5 Å². The fraction of sp³-hybridized carbons (Fsp3) is 0.375. The van der Waals surface area contributed by atoms with Gasteiger partial charge in [0.1, 0.15) is 17.1 Å². The largest absolute Gasteiger partial charge is 0.507 e. The second-order valence-electron chi connectivity index (χ2n) is 7.93. The van der Waals surface area contributed by atoms with Gasteiger partial charge in [-0.1, -0.05) is 12.1 Å². The summed E-state index contributed by atoms with van der Waals surface area (Å²) in [6, 6.07) is 9.94. The predicted octanol–water partition coefficient (Wildman–Crippen LogP) is 3.96. The van der Waals surface area contributed by atoms with Gasteiger partial charge in [-0.2, -0.15) is 0 Å². The third-order valence-corrected chi connectivity index (χ3v) is 5.71. The lowest BCUT2D eigenvalue weighted by atomic mass is 10.0. The quantitative estimate of drug-likeness (QED) is 0.515. The summed E-state index contributed by atoms with van der Waals surface area (Å²) in [5.41, 5.74) is 3.39. The Labute approximate surface area is 191 Å². The minimum Gasteiger partial charge on any atom is -0.507 e. The number of para-hydroxylation sites is 1. The summed E-state index contributed by atoms with van der Waals surface area (Å²) in [6.07, 6.45) is -0.306. The summed E-state index contributed by atoms with van der Waals surface area (Å²) in [7, 11) is 1.69. The Bertz CT molecular complexity index is 1080. The van der Waals surface area contributed by atoms with Crippen LogP contribution in [0.2, 0.25) is 0 Å². The zero-order chi connectivity index (χ0) is 24.0. The number of piperazine rings is 1. The normalized spacial score (nSPS) is 14.8. The van der Waals surface area contributed by atoms with Gasteiger partial charge in [-0.3, -0.25) is 9.80 Å². The fourth-order valence-electron chi connectivity index (χ4n) is 3.98. The SMILES string of the molecule is COc1cc(C)c2[nH]ccc2c1CN1CCN(CC(F)F)CC1.O=C(O)c1ccccc1O. The maximum Gasteiger partial charge on any atom is 0.339 e. The number of H-pyrrole nitrogens is 1. The molecule has 0 atom stereocenters. The van der Waals surface area contributed by atoms with Crippen molar-refractivity contribution >= 4 is 16.9 Å². The molecule has 1 aromatic heterocycles. The minimum absolute atomic E-state index is 0.0671. The van der Waals surface area contributed by atoms with Crippen LogP contribution in [0.25, 0.3) is 10.9 Å². The number of nitrogens with zero attached hydrogens (tertiary/aromatic N) is 2. The van der Waals surface area contributed by atoms with E-state index >= 15 is 0 Å². The van der Waals surface area contributed by atoms with Crippen LogP contribution in [0.4, 0.5) is 8.78 Å². The second kappa shape index (κ2) is 11.1. The number of benzene rings is 2. The highest BCUT2D eigenvalue weighted by Crippen LogP contribution is 2.31. The average molecular weight is 462 g/mol. The van der Waals surface area contributed by atoms with Gasteiger partial charge in [-0.15, -0.1) is 0 Å². The molecule has 0 saturated carbocycles. The number of carboxylic acids is 1.